The number of aromatic carboxylic acids is 1. The summed E-state index contributed by atoms with van der Waals surface area (Å²) in [5.74, 6) is -1.07. The van der Waals surface area contributed by atoms with Gasteiger partial charge in [-0.2, -0.15) is 18.3 Å². The second kappa shape index (κ2) is 4.61. The van der Waals surface area contributed by atoms with Crippen LogP contribution in [0.1, 0.15) is 40.4 Å². The predicted octanol–water partition coefficient (Wildman–Crippen LogP) is 3.47. The molecule has 21 heavy (non-hydrogen) atoms. The molecule has 0 radical (unpaired) electrons. The molecule has 0 saturated heterocycles. The number of carboxylic acid groups (broad SMARTS) is 1. The average molecular weight is 296 g/mol. The first-order valence-corrected chi connectivity index (χ1v) is 6.37. The third-order valence-corrected chi connectivity index (χ3v) is 3.42. The van der Waals surface area contributed by atoms with E-state index in [-0.39, 0.29) is 17.2 Å². The number of halogens is 3. The number of alkyl halides is 3. The molecule has 1 aromatic heterocycles. The first-order chi connectivity index (χ1) is 9.88. The van der Waals surface area contributed by atoms with Gasteiger partial charge in [0.05, 0.1) is 23.1 Å². The number of nitrogens with zero attached hydrogens (tertiary/aromatic N) is 2. The largest absolute Gasteiger partial charge is 0.478 e. The van der Waals surface area contributed by atoms with Crippen molar-refractivity contribution >= 4 is 5.97 Å². The maximum absolute atomic E-state index is 12.8. The van der Waals surface area contributed by atoms with E-state index in [4.69, 9.17) is 5.11 Å². The van der Waals surface area contributed by atoms with Gasteiger partial charge in [0.15, 0.2) is 0 Å². The van der Waals surface area contributed by atoms with E-state index >= 15 is 0 Å². The minimum absolute atomic E-state index is 0.0492. The molecule has 1 fully saturated rings. The van der Waals surface area contributed by atoms with E-state index in [9.17, 15) is 18.0 Å². The molecule has 0 unspecified atom stereocenters. The van der Waals surface area contributed by atoms with Crippen LogP contribution in [0, 0.1) is 0 Å². The molecular formula is C14H11F3N2O2. The van der Waals surface area contributed by atoms with Crippen molar-refractivity contribution in [3.8, 4) is 5.69 Å². The molecule has 3 rings (SSSR count). The van der Waals surface area contributed by atoms with Gasteiger partial charge < -0.3 is 5.11 Å². The van der Waals surface area contributed by atoms with Crippen LogP contribution in [0.5, 0.6) is 0 Å². The highest BCUT2D eigenvalue weighted by Crippen LogP contribution is 2.42. The van der Waals surface area contributed by atoms with E-state index in [1.54, 1.807) is 0 Å². The van der Waals surface area contributed by atoms with Crippen molar-refractivity contribution in [2.45, 2.75) is 24.9 Å². The van der Waals surface area contributed by atoms with Gasteiger partial charge in [0.2, 0.25) is 0 Å². The van der Waals surface area contributed by atoms with E-state index in [2.05, 4.69) is 5.10 Å². The molecule has 0 bridgehead atoms. The predicted molar refractivity (Wildman–Crippen MR) is 67.5 cm³/mol. The third kappa shape index (κ3) is 2.51. The fourth-order valence-corrected chi connectivity index (χ4v) is 2.29. The molecule has 1 saturated carbocycles. The zero-order chi connectivity index (χ0) is 15.2. The van der Waals surface area contributed by atoms with Crippen LogP contribution in [-0.4, -0.2) is 20.9 Å². The fraction of sp³-hybridized carbons (Fsp3) is 0.286. The number of benzene rings is 1. The van der Waals surface area contributed by atoms with Gasteiger partial charge in [-0.3, -0.25) is 0 Å². The monoisotopic (exact) mass is 296 g/mol. The highest BCUT2D eigenvalue weighted by atomic mass is 19.4. The summed E-state index contributed by atoms with van der Waals surface area (Å²) in [6.45, 7) is 0. The number of hydrogen-bond acceptors (Lipinski definition) is 2. The Bertz CT molecular complexity index is 702. The lowest BCUT2D eigenvalue weighted by atomic mass is 10.1. The highest BCUT2D eigenvalue weighted by Gasteiger charge is 2.34. The molecule has 1 aliphatic carbocycles. The van der Waals surface area contributed by atoms with Gasteiger partial charge in [-0.25, -0.2) is 9.48 Å². The summed E-state index contributed by atoms with van der Waals surface area (Å²) in [6, 6.07) is 4.73. The highest BCUT2D eigenvalue weighted by molar-refractivity contribution is 5.89. The maximum atomic E-state index is 12.8. The van der Waals surface area contributed by atoms with E-state index in [0.29, 0.717) is 5.69 Å². The number of carboxylic acids is 1. The van der Waals surface area contributed by atoms with Crippen molar-refractivity contribution in [1.82, 2.24) is 9.78 Å². The first kappa shape index (κ1) is 13.7. The van der Waals surface area contributed by atoms with Crippen molar-refractivity contribution < 1.29 is 23.1 Å². The Hall–Kier alpha value is -2.31. The molecule has 1 heterocycles. The Kier molecular flexibility index (Phi) is 3.00. The molecule has 0 spiro atoms. The minimum atomic E-state index is -4.45. The van der Waals surface area contributed by atoms with Crippen molar-refractivity contribution in [2.75, 3.05) is 0 Å². The van der Waals surface area contributed by atoms with E-state index in [0.717, 1.165) is 25.0 Å². The molecule has 1 aliphatic rings. The number of aromatic nitrogens is 2. The second-order valence-electron chi connectivity index (χ2n) is 4.98. The zero-order valence-electron chi connectivity index (χ0n) is 10.8. The molecule has 0 atom stereocenters. The van der Waals surface area contributed by atoms with Gasteiger partial charge in [-0.15, -0.1) is 0 Å². The third-order valence-electron chi connectivity index (χ3n) is 3.42. The van der Waals surface area contributed by atoms with Crippen LogP contribution in [0.2, 0.25) is 0 Å². The lowest BCUT2D eigenvalue weighted by Gasteiger charge is -2.11. The molecule has 1 aromatic carbocycles. The second-order valence-corrected chi connectivity index (χ2v) is 4.98. The van der Waals surface area contributed by atoms with Gasteiger partial charge >= 0.3 is 12.1 Å². The summed E-state index contributed by atoms with van der Waals surface area (Å²) < 4.78 is 39.6. The SMILES string of the molecule is O=C(O)c1cnn(-c2cccc(C(F)(F)F)c2)c1C1CC1. The van der Waals surface area contributed by atoms with Crippen molar-refractivity contribution in [2.24, 2.45) is 0 Å². The van der Waals surface area contributed by atoms with E-state index in [1.165, 1.54) is 23.0 Å². The van der Waals surface area contributed by atoms with Crippen LogP contribution in [0.3, 0.4) is 0 Å². The first-order valence-electron chi connectivity index (χ1n) is 6.37. The molecule has 0 amide bonds. The van der Waals surface area contributed by atoms with Crippen LogP contribution in [0.15, 0.2) is 30.5 Å². The molecule has 7 heteroatoms. The van der Waals surface area contributed by atoms with Crippen LogP contribution in [-0.2, 0) is 6.18 Å². The maximum Gasteiger partial charge on any atom is 0.416 e. The average Bonchev–Trinajstić information content (AvgIpc) is 3.16. The fourth-order valence-electron chi connectivity index (χ4n) is 2.29. The van der Waals surface area contributed by atoms with Crippen LogP contribution in [0.25, 0.3) is 5.69 Å². The Morgan fingerprint density at radius 2 is 2.05 bits per heavy atom. The summed E-state index contributed by atoms with van der Waals surface area (Å²) in [7, 11) is 0. The zero-order valence-corrected chi connectivity index (χ0v) is 10.8. The lowest BCUT2D eigenvalue weighted by Crippen LogP contribution is -2.09. The van der Waals surface area contributed by atoms with Crippen molar-refractivity contribution in [3.63, 3.8) is 0 Å². The standard InChI is InChI=1S/C14H11F3N2O2/c15-14(16,17)9-2-1-3-10(6-9)19-12(8-4-5-8)11(7-18-19)13(20)21/h1-3,6-8H,4-5H2,(H,20,21). The van der Waals surface area contributed by atoms with E-state index in [1.807, 2.05) is 0 Å². The van der Waals surface area contributed by atoms with Gasteiger partial charge in [0.1, 0.15) is 5.56 Å². The number of carbonyl (C=O) groups is 1. The topological polar surface area (TPSA) is 55.1 Å². The quantitative estimate of drug-likeness (QED) is 0.943. The van der Waals surface area contributed by atoms with Crippen LogP contribution in [0.4, 0.5) is 13.2 Å². The number of hydrogen-bond donors (Lipinski definition) is 1. The van der Waals surface area contributed by atoms with Gasteiger partial charge in [0, 0.05) is 5.92 Å². The normalized spacial score (nSPS) is 15.2. The molecule has 0 aliphatic heterocycles. The van der Waals surface area contributed by atoms with E-state index < -0.39 is 17.7 Å². The Morgan fingerprint density at radius 1 is 1.33 bits per heavy atom. The number of rotatable bonds is 3. The van der Waals surface area contributed by atoms with Crippen LogP contribution < -0.4 is 0 Å². The molecule has 110 valence electrons. The summed E-state index contributed by atoms with van der Waals surface area (Å²) in [4.78, 5) is 11.2. The lowest BCUT2D eigenvalue weighted by molar-refractivity contribution is -0.137. The molecule has 2 aromatic rings. The van der Waals surface area contributed by atoms with Crippen LogP contribution >= 0.6 is 0 Å². The smallest absolute Gasteiger partial charge is 0.416 e. The van der Waals surface area contributed by atoms with Crippen molar-refractivity contribution in [3.05, 3.63) is 47.3 Å². The molecule has 1 N–H and O–H groups in total. The minimum Gasteiger partial charge on any atom is -0.478 e. The summed E-state index contributed by atoms with van der Waals surface area (Å²) in [5.41, 5.74) is -0.0370. The Balaban J connectivity index is 2.11. The molecular weight excluding hydrogens is 285 g/mol. The Labute approximate surface area is 117 Å². The van der Waals surface area contributed by atoms with Crippen molar-refractivity contribution in [1.29, 1.82) is 0 Å². The Morgan fingerprint density at radius 3 is 2.62 bits per heavy atom. The summed E-state index contributed by atoms with van der Waals surface area (Å²) in [6.07, 6.45) is -1.61. The summed E-state index contributed by atoms with van der Waals surface area (Å²) >= 11 is 0. The van der Waals surface area contributed by atoms with Gasteiger partial charge in [-0.1, -0.05) is 6.07 Å². The van der Waals surface area contributed by atoms with Gasteiger partial charge in [0.25, 0.3) is 0 Å². The molecule has 4 nitrogen and oxygen atoms in total. The van der Waals surface area contributed by atoms with Gasteiger partial charge in [-0.05, 0) is 31.0 Å². The summed E-state index contributed by atoms with van der Waals surface area (Å²) in [5, 5.41) is 13.1.